The molecule has 4 nitrogen and oxygen atoms in total. The fourth-order valence-corrected chi connectivity index (χ4v) is 3.65. The van der Waals surface area contributed by atoms with Gasteiger partial charge in [0.15, 0.2) is 0 Å². The lowest BCUT2D eigenvalue weighted by molar-refractivity contribution is -0.150. The number of allylic oxidation sites excluding steroid dienone is 4. The summed E-state index contributed by atoms with van der Waals surface area (Å²) in [5, 5.41) is 0. The Labute approximate surface area is 210 Å². The van der Waals surface area contributed by atoms with Gasteiger partial charge in [0, 0.05) is 0 Å². The van der Waals surface area contributed by atoms with Crippen LogP contribution < -0.4 is 0 Å². The number of esters is 2. The summed E-state index contributed by atoms with van der Waals surface area (Å²) in [6.07, 6.45) is 30.6. The third-order valence-corrected chi connectivity index (χ3v) is 5.87. The van der Waals surface area contributed by atoms with Crippen molar-refractivity contribution in [3.05, 3.63) is 24.3 Å². The Kier molecular flexibility index (Phi) is 26.4. The Morgan fingerprint density at radius 1 is 0.471 bits per heavy atom. The fraction of sp³-hybridized carbons (Fsp3) is 0.800. The molecule has 34 heavy (non-hydrogen) atoms. The van der Waals surface area contributed by atoms with E-state index in [1.54, 1.807) is 0 Å². The average Bonchev–Trinajstić information content (AvgIpc) is 2.84. The quantitative estimate of drug-likeness (QED) is 0.0746. The van der Waals surface area contributed by atoms with Crippen LogP contribution in [0.4, 0.5) is 0 Å². The molecule has 0 aromatic carbocycles. The summed E-state index contributed by atoms with van der Waals surface area (Å²) < 4.78 is 10.5. The van der Waals surface area contributed by atoms with Crippen molar-refractivity contribution in [3.8, 4) is 0 Å². The van der Waals surface area contributed by atoms with Gasteiger partial charge in [0.1, 0.15) is 0 Å². The number of ether oxygens (including phenoxy) is 2. The molecule has 0 saturated heterocycles. The van der Waals surface area contributed by atoms with Crippen molar-refractivity contribution in [3.63, 3.8) is 0 Å². The molecule has 0 unspecified atom stereocenters. The fourth-order valence-electron chi connectivity index (χ4n) is 3.65. The SMILES string of the molecule is CCCCC/C=C/CCCCCCOC(=O)CCC(=O)OCCCCCC/C=C/CCCCC. The summed E-state index contributed by atoms with van der Waals surface area (Å²) in [7, 11) is 0. The highest BCUT2D eigenvalue weighted by Crippen LogP contribution is 2.08. The molecule has 0 aromatic heterocycles. The Balaban J connectivity index is 3.37. The van der Waals surface area contributed by atoms with Gasteiger partial charge in [-0.1, -0.05) is 89.5 Å². The zero-order valence-electron chi connectivity index (χ0n) is 22.5. The van der Waals surface area contributed by atoms with Crippen LogP contribution in [0, 0.1) is 0 Å². The third-order valence-electron chi connectivity index (χ3n) is 5.87. The predicted octanol–water partition coefficient (Wildman–Crippen LogP) is 9.03. The van der Waals surface area contributed by atoms with Crippen LogP contribution in [0.2, 0.25) is 0 Å². The smallest absolute Gasteiger partial charge is 0.306 e. The van der Waals surface area contributed by atoms with Gasteiger partial charge in [0.2, 0.25) is 0 Å². The van der Waals surface area contributed by atoms with Crippen LogP contribution in [0.15, 0.2) is 24.3 Å². The molecular weight excluding hydrogens is 424 g/mol. The highest BCUT2D eigenvalue weighted by molar-refractivity contribution is 5.77. The van der Waals surface area contributed by atoms with Crippen molar-refractivity contribution < 1.29 is 19.1 Å². The molecule has 4 heteroatoms. The first-order chi connectivity index (χ1) is 16.7. The summed E-state index contributed by atoms with van der Waals surface area (Å²) in [6, 6.07) is 0. The zero-order chi connectivity index (χ0) is 25.0. The molecule has 0 rings (SSSR count). The minimum absolute atomic E-state index is 0.117. The lowest BCUT2D eigenvalue weighted by Gasteiger charge is -2.06. The van der Waals surface area contributed by atoms with Crippen molar-refractivity contribution in [1.29, 1.82) is 0 Å². The van der Waals surface area contributed by atoms with Gasteiger partial charge in [-0.3, -0.25) is 9.59 Å². The van der Waals surface area contributed by atoms with Crippen LogP contribution in [-0.2, 0) is 19.1 Å². The molecule has 0 heterocycles. The largest absolute Gasteiger partial charge is 0.466 e. The first kappa shape index (κ1) is 32.4. The minimum Gasteiger partial charge on any atom is -0.466 e. The Hall–Kier alpha value is -1.58. The molecule has 0 aliphatic rings. The van der Waals surface area contributed by atoms with E-state index in [1.165, 1.54) is 77.0 Å². The Morgan fingerprint density at radius 2 is 0.794 bits per heavy atom. The number of carbonyl (C=O) groups is 2. The highest BCUT2D eigenvalue weighted by Gasteiger charge is 2.09. The lowest BCUT2D eigenvalue weighted by atomic mass is 10.1. The summed E-state index contributed by atoms with van der Waals surface area (Å²) in [6.45, 7) is 5.37. The van der Waals surface area contributed by atoms with Crippen LogP contribution in [0.3, 0.4) is 0 Å². The number of hydrogen-bond acceptors (Lipinski definition) is 4. The number of rotatable bonds is 25. The maximum atomic E-state index is 11.8. The maximum Gasteiger partial charge on any atom is 0.306 e. The van der Waals surface area contributed by atoms with E-state index in [0.29, 0.717) is 13.2 Å². The molecule has 0 fully saturated rings. The summed E-state index contributed by atoms with van der Waals surface area (Å²) in [5.74, 6) is -0.593. The highest BCUT2D eigenvalue weighted by atomic mass is 16.5. The first-order valence-electron chi connectivity index (χ1n) is 14.3. The number of hydrogen-bond donors (Lipinski definition) is 0. The summed E-state index contributed by atoms with van der Waals surface area (Å²) in [4.78, 5) is 23.5. The van der Waals surface area contributed by atoms with Gasteiger partial charge in [0.05, 0.1) is 26.1 Å². The Morgan fingerprint density at radius 3 is 1.15 bits per heavy atom. The molecule has 0 aliphatic carbocycles. The van der Waals surface area contributed by atoms with Gasteiger partial charge in [0.25, 0.3) is 0 Å². The molecule has 0 N–H and O–H groups in total. The molecule has 0 atom stereocenters. The molecule has 0 radical (unpaired) electrons. The average molecular weight is 479 g/mol. The normalized spacial score (nSPS) is 11.5. The van der Waals surface area contributed by atoms with Crippen molar-refractivity contribution in [1.82, 2.24) is 0 Å². The van der Waals surface area contributed by atoms with Crippen LogP contribution >= 0.6 is 0 Å². The van der Waals surface area contributed by atoms with Crippen molar-refractivity contribution in [2.45, 2.75) is 142 Å². The number of carbonyl (C=O) groups excluding carboxylic acids is 2. The molecule has 0 amide bonds. The van der Waals surface area contributed by atoms with E-state index in [2.05, 4.69) is 38.2 Å². The zero-order valence-corrected chi connectivity index (χ0v) is 22.5. The second-order valence-corrected chi connectivity index (χ2v) is 9.28. The van der Waals surface area contributed by atoms with Crippen LogP contribution in [0.1, 0.15) is 142 Å². The summed E-state index contributed by atoms with van der Waals surface area (Å²) >= 11 is 0. The van der Waals surface area contributed by atoms with Gasteiger partial charge in [-0.05, 0) is 64.2 Å². The molecule has 0 saturated carbocycles. The minimum atomic E-state index is -0.297. The predicted molar refractivity (Wildman–Crippen MR) is 144 cm³/mol. The number of unbranched alkanes of at least 4 members (excludes halogenated alkanes) is 14. The van der Waals surface area contributed by atoms with Crippen molar-refractivity contribution in [2.75, 3.05) is 13.2 Å². The topological polar surface area (TPSA) is 52.6 Å². The van der Waals surface area contributed by atoms with Gasteiger partial charge >= 0.3 is 11.9 Å². The van der Waals surface area contributed by atoms with E-state index in [1.807, 2.05) is 0 Å². The summed E-state index contributed by atoms with van der Waals surface area (Å²) in [5.41, 5.74) is 0. The Bertz CT molecular complexity index is 464. The standard InChI is InChI=1S/C30H54O4/c1-3-5-7-9-11-13-15-17-19-21-23-27-33-29(31)25-26-30(32)34-28-24-22-20-18-16-14-12-10-8-6-4-2/h11-14H,3-10,15-28H2,1-2H3/b13-11+,14-12+. The van der Waals surface area contributed by atoms with Crippen molar-refractivity contribution in [2.24, 2.45) is 0 Å². The van der Waals surface area contributed by atoms with Crippen molar-refractivity contribution >= 4 is 11.9 Å². The van der Waals surface area contributed by atoms with Gasteiger partial charge in [-0.2, -0.15) is 0 Å². The molecule has 0 bridgehead atoms. The molecular formula is C30H54O4. The van der Waals surface area contributed by atoms with Crippen LogP contribution in [-0.4, -0.2) is 25.2 Å². The third kappa shape index (κ3) is 26.7. The van der Waals surface area contributed by atoms with E-state index >= 15 is 0 Å². The van der Waals surface area contributed by atoms with E-state index in [0.717, 1.165) is 38.5 Å². The monoisotopic (exact) mass is 478 g/mol. The van der Waals surface area contributed by atoms with Crippen LogP contribution in [0.25, 0.3) is 0 Å². The van der Waals surface area contributed by atoms with Gasteiger partial charge in [-0.25, -0.2) is 0 Å². The first-order valence-corrected chi connectivity index (χ1v) is 14.3. The molecule has 0 aromatic rings. The van der Waals surface area contributed by atoms with Crippen LogP contribution in [0.5, 0.6) is 0 Å². The van der Waals surface area contributed by atoms with E-state index in [9.17, 15) is 9.59 Å². The maximum absolute atomic E-state index is 11.8. The second kappa shape index (κ2) is 27.7. The second-order valence-electron chi connectivity index (χ2n) is 9.28. The van der Waals surface area contributed by atoms with Gasteiger partial charge in [-0.15, -0.1) is 0 Å². The molecule has 0 aliphatic heterocycles. The van der Waals surface area contributed by atoms with E-state index in [-0.39, 0.29) is 24.8 Å². The van der Waals surface area contributed by atoms with Gasteiger partial charge < -0.3 is 9.47 Å². The van der Waals surface area contributed by atoms with E-state index < -0.39 is 0 Å². The van der Waals surface area contributed by atoms with E-state index in [4.69, 9.17) is 9.47 Å². The lowest BCUT2D eigenvalue weighted by Crippen LogP contribution is -2.11. The molecule has 198 valence electrons. The molecule has 0 spiro atoms.